The van der Waals surface area contributed by atoms with Gasteiger partial charge in [0.2, 0.25) is 0 Å². The highest BCUT2D eigenvalue weighted by Crippen LogP contribution is 2.26. The minimum atomic E-state index is 0.415. The Morgan fingerprint density at radius 2 is 2.22 bits per heavy atom. The monoisotopic (exact) mass is 302 g/mol. The summed E-state index contributed by atoms with van der Waals surface area (Å²) in [6.07, 6.45) is 3.22. The lowest BCUT2D eigenvalue weighted by atomic mass is 10.3. The lowest BCUT2D eigenvalue weighted by Gasteiger charge is -2.12. The van der Waals surface area contributed by atoms with Gasteiger partial charge in [-0.05, 0) is 24.8 Å². The summed E-state index contributed by atoms with van der Waals surface area (Å²) in [5, 5.41) is 1.36. The second-order valence-electron chi connectivity index (χ2n) is 4.26. The summed E-state index contributed by atoms with van der Waals surface area (Å²) in [5.74, 6) is 1.31. The third-order valence-corrected chi connectivity index (χ3v) is 4.66. The Hall–Kier alpha value is -0.380. The number of hydrogen-bond donors (Lipinski definition) is 0. The number of aryl methyl sites for hydroxylation is 1. The first kappa shape index (κ1) is 14.0. The van der Waals surface area contributed by atoms with Gasteiger partial charge in [0, 0.05) is 11.8 Å². The SMILES string of the molecule is CSC(C)CCn1c(CCl)nc2cccc(Cl)c21. The Morgan fingerprint density at radius 3 is 2.89 bits per heavy atom. The van der Waals surface area contributed by atoms with E-state index in [1.165, 1.54) is 0 Å². The predicted octanol–water partition coefficient (Wildman–Crippen LogP) is 4.57. The fourth-order valence-corrected chi connectivity index (χ4v) is 2.78. The molecule has 0 saturated heterocycles. The lowest BCUT2D eigenvalue weighted by molar-refractivity contribution is 0.636. The summed E-state index contributed by atoms with van der Waals surface area (Å²) < 4.78 is 2.15. The van der Waals surface area contributed by atoms with Crippen LogP contribution in [0.5, 0.6) is 0 Å². The third-order valence-electron chi connectivity index (χ3n) is 3.08. The van der Waals surface area contributed by atoms with E-state index in [-0.39, 0.29) is 0 Å². The van der Waals surface area contributed by atoms with E-state index in [0.29, 0.717) is 11.1 Å². The van der Waals surface area contributed by atoms with Crippen molar-refractivity contribution in [2.75, 3.05) is 6.26 Å². The Balaban J connectivity index is 2.40. The molecule has 98 valence electrons. The first-order valence-electron chi connectivity index (χ1n) is 5.89. The van der Waals surface area contributed by atoms with Crippen LogP contribution in [0.15, 0.2) is 18.2 Å². The molecule has 5 heteroatoms. The number of aromatic nitrogens is 2. The standard InChI is InChI=1S/C13H16Cl2N2S/c1-9(18-2)6-7-17-12(8-14)16-11-5-3-4-10(15)13(11)17/h3-5,9H,6-8H2,1-2H3. The molecule has 1 unspecified atom stereocenters. The molecule has 0 bridgehead atoms. The average molecular weight is 303 g/mol. The van der Waals surface area contributed by atoms with E-state index in [0.717, 1.165) is 34.8 Å². The number of imidazole rings is 1. The van der Waals surface area contributed by atoms with Crippen LogP contribution in [-0.2, 0) is 12.4 Å². The molecule has 0 radical (unpaired) electrons. The third kappa shape index (κ3) is 2.79. The first-order valence-corrected chi connectivity index (χ1v) is 8.09. The lowest BCUT2D eigenvalue weighted by Crippen LogP contribution is -2.07. The van der Waals surface area contributed by atoms with Crippen molar-refractivity contribution < 1.29 is 0 Å². The number of halogens is 2. The molecule has 0 aliphatic heterocycles. The Labute approximate surface area is 122 Å². The van der Waals surface area contributed by atoms with Crippen LogP contribution in [0.1, 0.15) is 19.2 Å². The topological polar surface area (TPSA) is 17.8 Å². The van der Waals surface area contributed by atoms with Gasteiger partial charge < -0.3 is 4.57 Å². The molecule has 18 heavy (non-hydrogen) atoms. The van der Waals surface area contributed by atoms with Gasteiger partial charge >= 0.3 is 0 Å². The molecule has 1 aromatic heterocycles. The van der Waals surface area contributed by atoms with Gasteiger partial charge in [-0.3, -0.25) is 0 Å². The maximum atomic E-state index is 6.27. The largest absolute Gasteiger partial charge is 0.326 e. The molecule has 0 fully saturated rings. The highest BCUT2D eigenvalue weighted by atomic mass is 35.5. The van der Waals surface area contributed by atoms with E-state index in [1.54, 1.807) is 0 Å². The summed E-state index contributed by atoms with van der Waals surface area (Å²) in [6, 6.07) is 5.80. The normalized spacial score (nSPS) is 13.1. The molecule has 2 nitrogen and oxygen atoms in total. The molecule has 0 N–H and O–H groups in total. The van der Waals surface area contributed by atoms with E-state index in [4.69, 9.17) is 23.2 Å². The van der Waals surface area contributed by atoms with E-state index < -0.39 is 0 Å². The van der Waals surface area contributed by atoms with Crippen molar-refractivity contribution in [3.05, 3.63) is 29.0 Å². The minimum Gasteiger partial charge on any atom is -0.326 e. The van der Waals surface area contributed by atoms with Crippen molar-refractivity contribution in [1.29, 1.82) is 0 Å². The number of nitrogens with zero attached hydrogens (tertiary/aromatic N) is 2. The summed E-state index contributed by atoms with van der Waals surface area (Å²) in [6.45, 7) is 3.13. The number of para-hydroxylation sites is 1. The van der Waals surface area contributed by atoms with Gasteiger partial charge in [0.25, 0.3) is 0 Å². The molecular formula is C13H16Cl2N2S. The van der Waals surface area contributed by atoms with Gasteiger partial charge in [-0.15, -0.1) is 11.6 Å². The highest BCUT2D eigenvalue weighted by Gasteiger charge is 2.13. The van der Waals surface area contributed by atoms with Crippen LogP contribution in [0.3, 0.4) is 0 Å². The molecule has 0 amide bonds. The molecule has 0 spiro atoms. The smallest absolute Gasteiger partial charge is 0.124 e. The van der Waals surface area contributed by atoms with Gasteiger partial charge in [0.15, 0.2) is 0 Å². The van der Waals surface area contributed by atoms with Crippen molar-refractivity contribution in [3.63, 3.8) is 0 Å². The summed E-state index contributed by atoms with van der Waals surface area (Å²) in [5.41, 5.74) is 1.93. The van der Waals surface area contributed by atoms with Gasteiger partial charge in [0.1, 0.15) is 5.82 Å². The number of rotatable bonds is 5. The quantitative estimate of drug-likeness (QED) is 0.753. The van der Waals surface area contributed by atoms with Crippen molar-refractivity contribution in [1.82, 2.24) is 9.55 Å². The summed E-state index contributed by atoms with van der Waals surface area (Å²) >= 11 is 14.1. The zero-order chi connectivity index (χ0) is 13.1. The Bertz CT molecular complexity index is 539. The van der Waals surface area contributed by atoms with E-state index in [1.807, 2.05) is 30.0 Å². The maximum absolute atomic E-state index is 6.27. The molecular weight excluding hydrogens is 287 g/mol. The van der Waals surface area contributed by atoms with Crippen LogP contribution in [0.2, 0.25) is 5.02 Å². The fourth-order valence-electron chi connectivity index (χ4n) is 1.96. The van der Waals surface area contributed by atoms with Crippen LogP contribution < -0.4 is 0 Å². The first-order chi connectivity index (χ1) is 8.67. The maximum Gasteiger partial charge on any atom is 0.124 e. The number of benzene rings is 1. The van der Waals surface area contributed by atoms with Gasteiger partial charge in [-0.25, -0.2) is 4.98 Å². The van der Waals surface area contributed by atoms with Gasteiger partial charge in [-0.1, -0.05) is 24.6 Å². The van der Waals surface area contributed by atoms with Crippen LogP contribution in [-0.4, -0.2) is 21.1 Å². The number of fused-ring (bicyclic) bond motifs is 1. The fraction of sp³-hybridized carbons (Fsp3) is 0.462. The average Bonchev–Trinajstić information content (AvgIpc) is 2.75. The molecule has 0 saturated carbocycles. The van der Waals surface area contributed by atoms with Crippen LogP contribution in [0.4, 0.5) is 0 Å². The zero-order valence-corrected chi connectivity index (χ0v) is 12.8. The molecule has 1 aromatic carbocycles. The van der Waals surface area contributed by atoms with Gasteiger partial charge in [-0.2, -0.15) is 11.8 Å². The number of hydrogen-bond acceptors (Lipinski definition) is 2. The summed E-state index contributed by atoms with van der Waals surface area (Å²) in [4.78, 5) is 4.54. The summed E-state index contributed by atoms with van der Waals surface area (Å²) in [7, 11) is 0. The van der Waals surface area contributed by atoms with Crippen molar-refractivity contribution in [2.45, 2.75) is 31.0 Å². The van der Waals surface area contributed by atoms with Gasteiger partial charge in [0.05, 0.1) is 21.9 Å². The Kier molecular flexibility index (Phi) is 4.82. The second kappa shape index (κ2) is 6.18. The van der Waals surface area contributed by atoms with E-state index in [9.17, 15) is 0 Å². The highest BCUT2D eigenvalue weighted by molar-refractivity contribution is 7.99. The molecule has 2 rings (SSSR count). The minimum absolute atomic E-state index is 0.415. The number of alkyl halides is 1. The van der Waals surface area contributed by atoms with Crippen molar-refractivity contribution >= 4 is 46.0 Å². The Morgan fingerprint density at radius 1 is 1.44 bits per heavy atom. The van der Waals surface area contributed by atoms with Crippen LogP contribution in [0.25, 0.3) is 11.0 Å². The second-order valence-corrected chi connectivity index (χ2v) is 6.21. The van der Waals surface area contributed by atoms with Crippen LogP contribution >= 0.6 is 35.0 Å². The molecule has 0 aliphatic rings. The zero-order valence-electron chi connectivity index (χ0n) is 10.5. The number of thioether (sulfide) groups is 1. The van der Waals surface area contributed by atoms with E-state index >= 15 is 0 Å². The van der Waals surface area contributed by atoms with Crippen molar-refractivity contribution in [2.24, 2.45) is 0 Å². The molecule has 2 aromatic rings. The molecule has 0 aliphatic carbocycles. The molecule has 1 atom stereocenters. The predicted molar refractivity (Wildman–Crippen MR) is 81.9 cm³/mol. The van der Waals surface area contributed by atoms with E-state index in [2.05, 4.69) is 22.7 Å². The molecule has 1 heterocycles. The van der Waals surface area contributed by atoms with Crippen molar-refractivity contribution in [3.8, 4) is 0 Å². The van der Waals surface area contributed by atoms with Crippen LogP contribution in [0, 0.1) is 0 Å².